The smallest absolute Gasteiger partial charge is 0.222 e. The maximum absolute atomic E-state index is 13.2. The van der Waals surface area contributed by atoms with E-state index in [-0.39, 0.29) is 23.0 Å². The Bertz CT molecular complexity index is 1000. The second-order valence-electron chi connectivity index (χ2n) is 15.0. The number of likely N-dealkylation sites (tertiary alicyclic amines) is 1. The summed E-state index contributed by atoms with van der Waals surface area (Å²) < 4.78 is 0. The van der Waals surface area contributed by atoms with Crippen LogP contribution in [-0.4, -0.2) is 46.3 Å². The van der Waals surface area contributed by atoms with Crippen molar-refractivity contribution in [3.05, 3.63) is 35.9 Å². The number of aliphatic hydroxyl groups excluding tert-OH is 2. The van der Waals surface area contributed by atoms with Gasteiger partial charge < -0.3 is 15.1 Å². The molecular formula is C35H53NO3. The highest BCUT2D eigenvalue weighted by atomic mass is 16.3. The number of rotatable bonds is 5. The average Bonchev–Trinajstić information content (AvgIpc) is 3.32. The van der Waals surface area contributed by atoms with Crippen molar-refractivity contribution in [2.75, 3.05) is 13.1 Å². The summed E-state index contributed by atoms with van der Waals surface area (Å²) in [6, 6.07) is 10.8. The molecule has 1 saturated heterocycles. The zero-order valence-electron chi connectivity index (χ0n) is 24.7. The molecule has 4 aliphatic carbocycles. The van der Waals surface area contributed by atoms with Gasteiger partial charge in [-0.05, 0) is 128 Å². The molecule has 0 radical (unpaired) electrons. The van der Waals surface area contributed by atoms with Crippen LogP contribution < -0.4 is 0 Å². The molecule has 4 saturated carbocycles. The van der Waals surface area contributed by atoms with Gasteiger partial charge in [0.2, 0.25) is 5.91 Å². The molecule has 1 heterocycles. The molecule has 2 N–H and O–H groups in total. The van der Waals surface area contributed by atoms with E-state index >= 15 is 0 Å². The number of amides is 1. The van der Waals surface area contributed by atoms with Crippen molar-refractivity contribution >= 4 is 5.91 Å². The van der Waals surface area contributed by atoms with Crippen LogP contribution in [0.5, 0.6) is 0 Å². The SMILES string of the molecule is C[C@H](CCC(=O)N1CCC(c2ccccc2)CC1)[C@H]1CC[C@H]2[C@@H]3CC[C@@H]4C[C@H](O)CC[C@]4(C)[C@H]3C[C@H](O)[C@]12C. The summed E-state index contributed by atoms with van der Waals surface area (Å²) in [6.45, 7) is 9.05. The van der Waals surface area contributed by atoms with Gasteiger partial charge in [0.05, 0.1) is 12.2 Å². The summed E-state index contributed by atoms with van der Waals surface area (Å²) in [5.41, 5.74) is 1.68. The van der Waals surface area contributed by atoms with E-state index in [9.17, 15) is 15.0 Å². The minimum atomic E-state index is -0.242. The molecule has 4 nitrogen and oxygen atoms in total. The van der Waals surface area contributed by atoms with Crippen LogP contribution in [-0.2, 0) is 4.79 Å². The fourth-order valence-electron chi connectivity index (χ4n) is 11.1. The van der Waals surface area contributed by atoms with Gasteiger partial charge in [0.15, 0.2) is 0 Å². The van der Waals surface area contributed by atoms with E-state index in [0.717, 1.165) is 64.0 Å². The molecule has 10 atom stereocenters. The van der Waals surface area contributed by atoms with Crippen molar-refractivity contribution in [2.24, 2.45) is 46.3 Å². The summed E-state index contributed by atoms with van der Waals surface area (Å²) in [5.74, 6) is 4.45. The second-order valence-corrected chi connectivity index (χ2v) is 15.0. The summed E-state index contributed by atoms with van der Waals surface area (Å²) in [4.78, 5) is 15.3. The zero-order chi connectivity index (χ0) is 27.4. The third kappa shape index (κ3) is 4.80. The van der Waals surface area contributed by atoms with Gasteiger partial charge in [-0.25, -0.2) is 0 Å². The van der Waals surface area contributed by atoms with Crippen LogP contribution in [0.15, 0.2) is 30.3 Å². The lowest BCUT2D eigenvalue weighted by molar-refractivity contribution is -0.175. The molecule has 5 fully saturated rings. The number of fused-ring (bicyclic) bond motifs is 5. The lowest BCUT2D eigenvalue weighted by Gasteiger charge is -2.62. The number of benzene rings is 1. The van der Waals surface area contributed by atoms with Crippen molar-refractivity contribution in [2.45, 2.75) is 116 Å². The van der Waals surface area contributed by atoms with Gasteiger partial charge in [-0.2, -0.15) is 0 Å². The third-order valence-corrected chi connectivity index (χ3v) is 13.4. The molecule has 4 heteroatoms. The molecule has 1 aromatic rings. The second kappa shape index (κ2) is 10.8. The lowest BCUT2D eigenvalue weighted by atomic mass is 9.43. The summed E-state index contributed by atoms with van der Waals surface area (Å²) in [6.07, 6.45) is 12.3. The predicted octanol–water partition coefficient (Wildman–Crippen LogP) is 6.80. The van der Waals surface area contributed by atoms with Crippen molar-refractivity contribution in [1.82, 2.24) is 4.90 Å². The first-order chi connectivity index (χ1) is 18.7. The Morgan fingerprint density at radius 2 is 1.69 bits per heavy atom. The van der Waals surface area contributed by atoms with E-state index in [0.29, 0.717) is 47.8 Å². The number of aliphatic hydroxyl groups is 2. The minimum Gasteiger partial charge on any atom is -0.393 e. The first-order valence-electron chi connectivity index (χ1n) is 16.4. The van der Waals surface area contributed by atoms with Crippen LogP contribution in [0.1, 0.15) is 109 Å². The summed E-state index contributed by atoms with van der Waals surface area (Å²) >= 11 is 0. The Balaban J connectivity index is 1.06. The van der Waals surface area contributed by atoms with Crippen LogP contribution in [0.2, 0.25) is 0 Å². The molecule has 0 unspecified atom stereocenters. The Kier molecular flexibility index (Phi) is 7.68. The molecule has 39 heavy (non-hydrogen) atoms. The average molecular weight is 536 g/mol. The molecule has 1 amide bonds. The third-order valence-electron chi connectivity index (χ3n) is 13.4. The van der Waals surface area contributed by atoms with Gasteiger partial charge in [0.25, 0.3) is 0 Å². The van der Waals surface area contributed by atoms with E-state index in [1.165, 1.54) is 31.2 Å². The summed E-state index contributed by atoms with van der Waals surface area (Å²) in [5, 5.41) is 22.2. The van der Waals surface area contributed by atoms with Gasteiger partial charge in [-0.1, -0.05) is 51.1 Å². The lowest BCUT2D eigenvalue weighted by Crippen LogP contribution is -2.58. The Labute approximate surface area is 236 Å². The Morgan fingerprint density at radius 1 is 0.949 bits per heavy atom. The predicted molar refractivity (Wildman–Crippen MR) is 156 cm³/mol. The van der Waals surface area contributed by atoms with Gasteiger partial charge in [-0.15, -0.1) is 0 Å². The van der Waals surface area contributed by atoms with Crippen LogP contribution >= 0.6 is 0 Å². The van der Waals surface area contributed by atoms with Crippen molar-refractivity contribution < 1.29 is 15.0 Å². The molecule has 5 aliphatic rings. The molecule has 0 spiro atoms. The molecule has 0 bridgehead atoms. The van der Waals surface area contributed by atoms with Crippen LogP contribution in [0.25, 0.3) is 0 Å². The quantitative estimate of drug-likeness (QED) is 0.436. The monoisotopic (exact) mass is 535 g/mol. The Morgan fingerprint density at radius 3 is 2.44 bits per heavy atom. The molecule has 6 rings (SSSR count). The number of nitrogens with zero attached hydrogens (tertiary/aromatic N) is 1. The largest absolute Gasteiger partial charge is 0.393 e. The van der Waals surface area contributed by atoms with Crippen LogP contribution in [0.3, 0.4) is 0 Å². The molecule has 1 aromatic carbocycles. The minimum absolute atomic E-state index is 0.0188. The van der Waals surface area contributed by atoms with Crippen molar-refractivity contribution in [3.63, 3.8) is 0 Å². The number of hydrogen-bond acceptors (Lipinski definition) is 3. The van der Waals surface area contributed by atoms with Gasteiger partial charge in [0, 0.05) is 19.5 Å². The maximum atomic E-state index is 13.2. The molecular weight excluding hydrogens is 482 g/mol. The molecule has 1 aliphatic heterocycles. The van der Waals surface area contributed by atoms with Gasteiger partial charge >= 0.3 is 0 Å². The molecule has 0 aromatic heterocycles. The zero-order valence-corrected chi connectivity index (χ0v) is 24.7. The van der Waals surface area contributed by atoms with Crippen molar-refractivity contribution in [3.8, 4) is 0 Å². The van der Waals surface area contributed by atoms with Crippen LogP contribution in [0.4, 0.5) is 0 Å². The topological polar surface area (TPSA) is 60.8 Å². The summed E-state index contributed by atoms with van der Waals surface area (Å²) in [7, 11) is 0. The number of piperidine rings is 1. The number of carbonyl (C=O) groups excluding carboxylic acids is 1. The van der Waals surface area contributed by atoms with E-state index in [2.05, 4.69) is 56.0 Å². The maximum Gasteiger partial charge on any atom is 0.222 e. The van der Waals surface area contributed by atoms with Crippen molar-refractivity contribution in [1.29, 1.82) is 0 Å². The van der Waals surface area contributed by atoms with E-state index < -0.39 is 0 Å². The van der Waals surface area contributed by atoms with Crippen LogP contribution in [0, 0.1) is 46.3 Å². The van der Waals surface area contributed by atoms with E-state index in [1.807, 2.05) is 0 Å². The molecule has 216 valence electrons. The first-order valence-corrected chi connectivity index (χ1v) is 16.4. The normalized spacial score (nSPS) is 43.3. The number of carbonyl (C=O) groups is 1. The fourth-order valence-corrected chi connectivity index (χ4v) is 11.1. The Hall–Kier alpha value is -1.39. The van der Waals surface area contributed by atoms with E-state index in [4.69, 9.17) is 0 Å². The van der Waals surface area contributed by atoms with E-state index in [1.54, 1.807) is 0 Å². The first kappa shape index (κ1) is 27.8. The van der Waals surface area contributed by atoms with Gasteiger partial charge in [-0.3, -0.25) is 4.79 Å². The highest BCUT2D eigenvalue weighted by molar-refractivity contribution is 5.76. The highest BCUT2D eigenvalue weighted by Crippen LogP contribution is 2.68. The standard InChI is InChI=1S/C35H53NO3/c1-23(9-14-33(39)36-19-16-25(17-20-36)24-7-5-4-6-8-24)29-12-13-30-28-11-10-26-21-27(37)15-18-34(26,2)31(28)22-32(38)35(29,30)3/h4-8,23,25-32,37-38H,9-22H2,1-3H3/t23-,26-,27-,28+,29-,30+,31+,32+,34+,35-/m1/s1. The number of hydrogen-bond donors (Lipinski definition) is 2. The van der Waals surface area contributed by atoms with Gasteiger partial charge in [0.1, 0.15) is 0 Å². The fraction of sp³-hybridized carbons (Fsp3) is 0.800. The highest BCUT2D eigenvalue weighted by Gasteiger charge is 2.63.